The van der Waals surface area contributed by atoms with E-state index in [9.17, 15) is 9.59 Å². The monoisotopic (exact) mass is 473 g/mol. The topological polar surface area (TPSA) is 93.5 Å². The molecule has 0 radical (unpaired) electrons. The van der Waals surface area contributed by atoms with Crippen LogP contribution in [0.3, 0.4) is 0 Å². The molecule has 3 aromatic carbocycles. The number of thioether (sulfide) groups is 1. The molecule has 0 saturated heterocycles. The van der Waals surface area contributed by atoms with Crippen molar-refractivity contribution >= 4 is 35.0 Å². The molecule has 0 unspecified atom stereocenters. The van der Waals surface area contributed by atoms with Crippen molar-refractivity contribution in [3.8, 4) is 5.75 Å². The minimum absolute atomic E-state index is 0.146. The Morgan fingerprint density at radius 2 is 1.68 bits per heavy atom. The molecule has 1 heterocycles. The number of ether oxygens (including phenoxy) is 1. The molecule has 2 amide bonds. The van der Waals surface area contributed by atoms with Gasteiger partial charge < -0.3 is 19.9 Å². The molecule has 0 spiro atoms. The van der Waals surface area contributed by atoms with Crippen LogP contribution in [-0.2, 0) is 10.5 Å². The van der Waals surface area contributed by atoms with E-state index in [1.54, 1.807) is 42.5 Å². The van der Waals surface area contributed by atoms with E-state index in [0.717, 1.165) is 16.3 Å². The second-order valence-electron chi connectivity index (χ2n) is 7.40. The lowest BCUT2D eigenvalue weighted by Crippen LogP contribution is -2.20. The van der Waals surface area contributed by atoms with E-state index in [-0.39, 0.29) is 18.4 Å². The average Bonchev–Trinajstić information content (AvgIpc) is 3.27. The Kier molecular flexibility index (Phi) is 7.62. The number of carbonyl (C=O) groups excluding carboxylic acids is 2. The molecule has 7 nitrogen and oxygen atoms in total. The van der Waals surface area contributed by atoms with Gasteiger partial charge in [-0.25, -0.2) is 0 Å². The Bertz CT molecular complexity index is 1270. The number of benzene rings is 3. The van der Waals surface area contributed by atoms with Crippen molar-refractivity contribution in [2.24, 2.45) is 0 Å². The SMILES string of the molecule is Cc1cc(CSc2ccccc2C(=O)Nc2cccc(OCC(=O)Nc3ccccc3)c2)on1. The van der Waals surface area contributed by atoms with Crippen LogP contribution >= 0.6 is 11.8 Å². The molecule has 4 aromatic rings. The van der Waals surface area contributed by atoms with Crippen LogP contribution in [0, 0.1) is 6.92 Å². The number of carbonyl (C=O) groups is 2. The molecule has 0 saturated carbocycles. The number of aryl methyl sites for hydroxylation is 1. The van der Waals surface area contributed by atoms with Crippen molar-refractivity contribution in [1.29, 1.82) is 0 Å². The summed E-state index contributed by atoms with van der Waals surface area (Å²) in [6.45, 7) is 1.72. The van der Waals surface area contributed by atoms with E-state index in [1.807, 2.05) is 49.4 Å². The summed E-state index contributed by atoms with van der Waals surface area (Å²) in [6, 6.07) is 25.4. The minimum atomic E-state index is -0.270. The Balaban J connectivity index is 1.35. The predicted molar refractivity (Wildman–Crippen MR) is 132 cm³/mol. The molecule has 1 aromatic heterocycles. The molecular formula is C26H23N3O4S. The summed E-state index contributed by atoms with van der Waals surface area (Å²) >= 11 is 1.50. The first-order chi connectivity index (χ1) is 16.6. The zero-order chi connectivity index (χ0) is 23.8. The second kappa shape index (κ2) is 11.2. The van der Waals surface area contributed by atoms with Crippen LogP contribution in [0.5, 0.6) is 5.75 Å². The van der Waals surface area contributed by atoms with Crippen molar-refractivity contribution in [3.05, 3.63) is 102 Å². The quantitative estimate of drug-likeness (QED) is 0.310. The van der Waals surface area contributed by atoms with E-state index in [4.69, 9.17) is 9.26 Å². The second-order valence-corrected chi connectivity index (χ2v) is 8.42. The summed E-state index contributed by atoms with van der Waals surface area (Å²) in [5.74, 6) is 1.28. The van der Waals surface area contributed by atoms with Crippen LogP contribution in [0.25, 0.3) is 0 Å². The largest absolute Gasteiger partial charge is 0.484 e. The van der Waals surface area contributed by atoms with Crippen molar-refractivity contribution in [1.82, 2.24) is 5.16 Å². The first kappa shape index (κ1) is 23.1. The van der Waals surface area contributed by atoms with Crippen molar-refractivity contribution in [3.63, 3.8) is 0 Å². The van der Waals surface area contributed by atoms with E-state index < -0.39 is 0 Å². The van der Waals surface area contributed by atoms with Crippen molar-refractivity contribution in [2.45, 2.75) is 17.6 Å². The predicted octanol–water partition coefficient (Wildman–Crippen LogP) is 5.55. The summed E-state index contributed by atoms with van der Waals surface area (Å²) in [5.41, 5.74) is 2.64. The summed E-state index contributed by atoms with van der Waals surface area (Å²) in [7, 11) is 0. The molecule has 4 rings (SSSR count). The highest BCUT2D eigenvalue weighted by Gasteiger charge is 2.13. The molecule has 172 valence electrons. The Morgan fingerprint density at radius 1 is 0.912 bits per heavy atom. The van der Waals surface area contributed by atoms with Crippen LogP contribution in [0.1, 0.15) is 21.8 Å². The van der Waals surface area contributed by atoms with E-state index >= 15 is 0 Å². The molecule has 0 atom stereocenters. The summed E-state index contributed by atoms with van der Waals surface area (Å²) < 4.78 is 10.9. The maximum atomic E-state index is 13.0. The fourth-order valence-corrected chi connectivity index (χ4v) is 4.07. The average molecular weight is 474 g/mol. The van der Waals surface area contributed by atoms with Crippen LogP contribution < -0.4 is 15.4 Å². The van der Waals surface area contributed by atoms with Gasteiger partial charge in [0.1, 0.15) is 11.5 Å². The number of rotatable bonds is 9. The Morgan fingerprint density at radius 3 is 2.47 bits per heavy atom. The van der Waals surface area contributed by atoms with Gasteiger partial charge in [0.2, 0.25) is 0 Å². The van der Waals surface area contributed by atoms with Crippen LogP contribution in [0.4, 0.5) is 11.4 Å². The zero-order valence-corrected chi connectivity index (χ0v) is 19.3. The Labute approximate surface area is 201 Å². The van der Waals surface area contributed by atoms with Crippen molar-refractivity contribution in [2.75, 3.05) is 17.2 Å². The molecule has 0 aliphatic carbocycles. The fourth-order valence-electron chi connectivity index (χ4n) is 3.14. The highest BCUT2D eigenvalue weighted by molar-refractivity contribution is 7.98. The number of amides is 2. The minimum Gasteiger partial charge on any atom is -0.484 e. The third-order valence-electron chi connectivity index (χ3n) is 4.70. The van der Waals surface area contributed by atoms with Gasteiger partial charge in [-0.1, -0.05) is 41.6 Å². The molecule has 0 aliphatic heterocycles. The van der Waals surface area contributed by atoms with E-state index in [1.165, 1.54) is 11.8 Å². The third-order valence-corrected chi connectivity index (χ3v) is 5.79. The summed E-state index contributed by atoms with van der Waals surface area (Å²) in [6.07, 6.45) is 0. The maximum Gasteiger partial charge on any atom is 0.262 e. The molecule has 2 N–H and O–H groups in total. The third kappa shape index (κ3) is 6.49. The number of nitrogens with one attached hydrogen (secondary N) is 2. The summed E-state index contributed by atoms with van der Waals surface area (Å²) in [5, 5.41) is 9.56. The van der Waals surface area contributed by atoms with Crippen LogP contribution in [0.15, 0.2) is 94.3 Å². The van der Waals surface area contributed by atoms with Gasteiger partial charge in [-0.2, -0.15) is 0 Å². The van der Waals surface area contributed by atoms with E-state index in [0.29, 0.717) is 28.4 Å². The van der Waals surface area contributed by atoms with Gasteiger partial charge in [0.05, 0.1) is 17.0 Å². The molecule has 0 fully saturated rings. The number of aromatic nitrogens is 1. The lowest BCUT2D eigenvalue weighted by molar-refractivity contribution is -0.118. The van der Waals surface area contributed by atoms with Gasteiger partial charge in [0.15, 0.2) is 6.61 Å². The highest BCUT2D eigenvalue weighted by Crippen LogP contribution is 2.27. The van der Waals surface area contributed by atoms with Gasteiger partial charge in [0, 0.05) is 28.4 Å². The van der Waals surface area contributed by atoms with Crippen LogP contribution in [-0.4, -0.2) is 23.6 Å². The number of anilines is 2. The fraction of sp³-hybridized carbons (Fsp3) is 0.115. The molecule has 0 bridgehead atoms. The Hall–Kier alpha value is -4.04. The summed E-state index contributed by atoms with van der Waals surface area (Å²) in [4.78, 5) is 25.9. The smallest absolute Gasteiger partial charge is 0.262 e. The number of hydrogen-bond acceptors (Lipinski definition) is 6. The molecule has 8 heteroatoms. The molecular weight excluding hydrogens is 450 g/mol. The van der Waals surface area contributed by atoms with Gasteiger partial charge in [0.25, 0.3) is 11.8 Å². The first-order valence-corrected chi connectivity index (χ1v) is 11.6. The zero-order valence-electron chi connectivity index (χ0n) is 18.5. The molecule has 0 aliphatic rings. The first-order valence-electron chi connectivity index (χ1n) is 10.6. The van der Waals surface area contributed by atoms with Crippen molar-refractivity contribution < 1.29 is 18.8 Å². The van der Waals surface area contributed by atoms with Gasteiger partial charge in [-0.3, -0.25) is 9.59 Å². The number of nitrogens with zero attached hydrogens (tertiary/aromatic N) is 1. The van der Waals surface area contributed by atoms with Gasteiger partial charge in [-0.15, -0.1) is 11.8 Å². The van der Waals surface area contributed by atoms with E-state index in [2.05, 4.69) is 15.8 Å². The maximum absolute atomic E-state index is 13.0. The van der Waals surface area contributed by atoms with Gasteiger partial charge >= 0.3 is 0 Å². The lowest BCUT2D eigenvalue weighted by atomic mass is 10.2. The molecule has 34 heavy (non-hydrogen) atoms. The number of para-hydroxylation sites is 1. The number of hydrogen-bond donors (Lipinski definition) is 2. The van der Waals surface area contributed by atoms with Crippen LogP contribution in [0.2, 0.25) is 0 Å². The standard InChI is InChI=1S/C26H23N3O4S/c1-18-14-22(33-29-18)17-34-24-13-6-5-12-23(24)26(31)28-20-10-7-11-21(15-20)32-16-25(30)27-19-8-3-2-4-9-19/h2-15H,16-17H2,1H3,(H,27,30)(H,28,31). The van der Waals surface area contributed by atoms with Gasteiger partial charge in [-0.05, 0) is 43.3 Å². The lowest BCUT2D eigenvalue weighted by Gasteiger charge is -2.11. The highest BCUT2D eigenvalue weighted by atomic mass is 32.2. The normalized spacial score (nSPS) is 10.5.